The van der Waals surface area contributed by atoms with E-state index in [4.69, 9.17) is 4.98 Å². The number of nitrogens with zero attached hydrogens (tertiary/aromatic N) is 3. The Morgan fingerprint density at radius 3 is 2.46 bits per heavy atom. The molecule has 0 aliphatic heterocycles. The maximum Gasteiger partial charge on any atom is 0.102 e. The van der Waals surface area contributed by atoms with Gasteiger partial charge in [-0.25, -0.2) is 0 Å². The van der Waals surface area contributed by atoms with E-state index in [0.717, 1.165) is 35.2 Å². The minimum absolute atomic E-state index is 0.466. The van der Waals surface area contributed by atoms with Gasteiger partial charge in [0.25, 0.3) is 0 Å². The second-order valence-electron chi connectivity index (χ2n) is 7.06. The molecule has 0 bridgehead atoms. The molecule has 1 fully saturated rings. The van der Waals surface area contributed by atoms with Gasteiger partial charge >= 0.3 is 0 Å². The molecule has 0 spiro atoms. The van der Waals surface area contributed by atoms with E-state index in [1.807, 2.05) is 24.5 Å². The minimum Gasteiger partial charge on any atom is -0.265 e. The van der Waals surface area contributed by atoms with E-state index in [9.17, 15) is 5.26 Å². The van der Waals surface area contributed by atoms with E-state index in [1.165, 1.54) is 56.2 Å². The highest BCUT2D eigenvalue weighted by molar-refractivity contribution is 5.75. The zero-order valence-electron chi connectivity index (χ0n) is 14.1. The Balaban J connectivity index is 1.97. The summed E-state index contributed by atoms with van der Waals surface area (Å²) in [5.74, 6) is 0.466. The number of rotatable bonds is 2. The van der Waals surface area contributed by atoms with Crippen LogP contribution in [0.15, 0.2) is 24.5 Å². The first-order chi connectivity index (χ1) is 11.9. The maximum absolute atomic E-state index is 9.99. The summed E-state index contributed by atoms with van der Waals surface area (Å²) in [4.78, 5) is 9.23. The lowest BCUT2D eigenvalue weighted by Crippen LogP contribution is -2.10. The third-order valence-corrected chi connectivity index (χ3v) is 5.57. The van der Waals surface area contributed by atoms with Crippen LogP contribution in [0.4, 0.5) is 0 Å². The van der Waals surface area contributed by atoms with Crippen LogP contribution in [0.5, 0.6) is 0 Å². The minimum atomic E-state index is 0.466. The van der Waals surface area contributed by atoms with E-state index in [0.29, 0.717) is 5.92 Å². The van der Waals surface area contributed by atoms with E-state index >= 15 is 0 Å². The largest absolute Gasteiger partial charge is 0.265 e. The Morgan fingerprint density at radius 2 is 1.71 bits per heavy atom. The van der Waals surface area contributed by atoms with Gasteiger partial charge in [-0.2, -0.15) is 5.26 Å². The molecular weight excluding hydrogens is 294 g/mol. The first-order valence-corrected chi connectivity index (χ1v) is 9.24. The van der Waals surface area contributed by atoms with Crippen LogP contribution >= 0.6 is 0 Å². The molecule has 4 rings (SSSR count). The molecule has 2 aliphatic rings. The average molecular weight is 317 g/mol. The van der Waals surface area contributed by atoms with Crippen LogP contribution in [0.3, 0.4) is 0 Å². The van der Waals surface area contributed by atoms with E-state index < -0.39 is 0 Å². The number of fused-ring (bicyclic) bond motifs is 1. The van der Waals surface area contributed by atoms with Crippen LogP contribution in [-0.2, 0) is 12.8 Å². The molecule has 0 aromatic carbocycles. The molecule has 24 heavy (non-hydrogen) atoms. The highest BCUT2D eigenvalue weighted by Crippen LogP contribution is 2.40. The van der Waals surface area contributed by atoms with Gasteiger partial charge < -0.3 is 0 Å². The van der Waals surface area contributed by atoms with Crippen LogP contribution in [-0.4, -0.2) is 9.97 Å². The summed E-state index contributed by atoms with van der Waals surface area (Å²) < 4.78 is 0. The summed E-state index contributed by atoms with van der Waals surface area (Å²) in [6.45, 7) is 0. The van der Waals surface area contributed by atoms with Crippen LogP contribution in [0.1, 0.15) is 73.4 Å². The summed E-state index contributed by atoms with van der Waals surface area (Å²) in [6.07, 6.45) is 14.3. The summed E-state index contributed by atoms with van der Waals surface area (Å²) in [5.41, 5.74) is 6.74. The number of hydrogen-bond donors (Lipinski definition) is 0. The van der Waals surface area contributed by atoms with Gasteiger partial charge in [0.15, 0.2) is 0 Å². The zero-order chi connectivity index (χ0) is 16.4. The molecule has 0 N–H and O–H groups in total. The second-order valence-corrected chi connectivity index (χ2v) is 7.06. The number of hydrogen-bond acceptors (Lipinski definition) is 3. The van der Waals surface area contributed by atoms with E-state index in [1.54, 1.807) is 0 Å². The van der Waals surface area contributed by atoms with Gasteiger partial charge in [0.05, 0.1) is 11.3 Å². The van der Waals surface area contributed by atoms with Crippen molar-refractivity contribution in [3.8, 4) is 17.2 Å². The topological polar surface area (TPSA) is 49.6 Å². The third kappa shape index (κ3) is 2.71. The van der Waals surface area contributed by atoms with Crippen molar-refractivity contribution in [2.75, 3.05) is 0 Å². The average Bonchev–Trinajstić information content (AvgIpc) is 3.06. The molecule has 2 aromatic heterocycles. The fourth-order valence-corrected chi connectivity index (χ4v) is 4.38. The van der Waals surface area contributed by atoms with E-state index in [-0.39, 0.29) is 0 Å². The molecule has 0 radical (unpaired) electrons. The molecule has 0 unspecified atom stereocenters. The highest BCUT2D eigenvalue weighted by Gasteiger charge is 2.27. The Kier molecular flexibility index (Phi) is 4.30. The van der Waals surface area contributed by atoms with Gasteiger partial charge in [-0.05, 0) is 61.8 Å². The number of aromatic nitrogens is 2. The monoisotopic (exact) mass is 317 g/mol. The Labute approximate surface area is 143 Å². The second kappa shape index (κ2) is 6.73. The van der Waals surface area contributed by atoms with Crippen molar-refractivity contribution in [3.05, 3.63) is 47.0 Å². The summed E-state index contributed by atoms with van der Waals surface area (Å²) in [5, 5.41) is 9.99. The van der Waals surface area contributed by atoms with Gasteiger partial charge in [0, 0.05) is 29.6 Å². The molecule has 1 saturated carbocycles. The van der Waals surface area contributed by atoms with Gasteiger partial charge in [-0.3, -0.25) is 9.97 Å². The molecule has 122 valence electrons. The van der Waals surface area contributed by atoms with Gasteiger partial charge in [-0.15, -0.1) is 0 Å². The van der Waals surface area contributed by atoms with Crippen molar-refractivity contribution in [1.29, 1.82) is 5.26 Å². The first-order valence-electron chi connectivity index (χ1n) is 9.24. The molecule has 0 amide bonds. The van der Waals surface area contributed by atoms with Crippen molar-refractivity contribution < 1.29 is 0 Å². The summed E-state index contributed by atoms with van der Waals surface area (Å²) in [6, 6.07) is 6.61. The predicted octanol–water partition coefficient (Wildman–Crippen LogP) is 4.94. The molecular formula is C21H23N3. The van der Waals surface area contributed by atoms with E-state index in [2.05, 4.69) is 11.1 Å². The Morgan fingerprint density at radius 1 is 0.958 bits per heavy atom. The predicted molar refractivity (Wildman–Crippen MR) is 94.7 cm³/mol. The number of pyridine rings is 2. The normalized spacial score (nSPS) is 18.0. The molecule has 3 heteroatoms. The third-order valence-electron chi connectivity index (χ3n) is 5.57. The van der Waals surface area contributed by atoms with Gasteiger partial charge in [0.2, 0.25) is 0 Å². The van der Waals surface area contributed by atoms with Crippen molar-refractivity contribution in [1.82, 2.24) is 9.97 Å². The Bertz CT molecular complexity index is 768. The molecule has 2 heterocycles. The standard InChI is InChI=1S/C21H23N3/c22-14-18-20(15-10-12-23-13-11-15)17-8-2-1-3-9-19(17)24-21(18)16-6-4-5-7-16/h10-13,16H,1-9H2. The number of aryl methyl sites for hydroxylation is 1. The highest BCUT2D eigenvalue weighted by atomic mass is 14.7. The fraction of sp³-hybridized carbons (Fsp3) is 0.476. The lowest BCUT2D eigenvalue weighted by atomic mass is 9.87. The lowest BCUT2D eigenvalue weighted by molar-refractivity contribution is 0.681. The van der Waals surface area contributed by atoms with Crippen LogP contribution in [0, 0.1) is 11.3 Å². The van der Waals surface area contributed by atoms with Crippen LogP contribution in [0.2, 0.25) is 0 Å². The molecule has 2 aliphatic carbocycles. The van der Waals surface area contributed by atoms with Gasteiger partial charge in [-0.1, -0.05) is 19.3 Å². The summed E-state index contributed by atoms with van der Waals surface area (Å²) >= 11 is 0. The number of nitriles is 1. The van der Waals surface area contributed by atoms with Crippen molar-refractivity contribution in [2.45, 2.75) is 63.7 Å². The SMILES string of the molecule is N#Cc1c(C2CCCC2)nc2c(c1-c1ccncc1)CCCCC2. The molecule has 0 atom stereocenters. The van der Waals surface area contributed by atoms with Crippen LogP contribution in [0.25, 0.3) is 11.1 Å². The maximum atomic E-state index is 9.99. The smallest absolute Gasteiger partial charge is 0.102 e. The van der Waals surface area contributed by atoms with Crippen molar-refractivity contribution in [2.24, 2.45) is 0 Å². The summed E-state index contributed by atoms with van der Waals surface area (Å²) in [7, 11) is 0. The van der Waals surface area contributed by atoms with Crippen molar-refractivity contribution in [3.63, 3.8) is 0 Å². The fourth-order valence-electron chi connectivity index (χ4n) is 4.38. The van der Waals surface area contributed by atoms with Crippen LogP contribution < -0.4 is 0 Å². The quantitative estimate of drug-likeness (QED) is 0.737. The Hall–Kier alpha value is -2.21. The zero-order valence-corrected chi connectivity index (χ0v) is 14.1. The first kappa shape index (κ1) is 15.3. The van der Waals surface area contributed by atoms with Crippen molar-refractivity contribution >= 4 is 0 Å². The molecule has 3 nitrogen and oxygen atoms in total. The lowest BCUT2D eigenvalue weighted by Gasteiger charge is -2.20. The van der Waals surface area contributed by atoms with Gasteiger partial charge in [0.1, 0.15) is 6.07 Å². The molecule has 0 saturated heterocycles. The molecule has 2 aromatic rings.